The number of ketones is 1. The molecule has 0 aliphatic carbocycles. The first-order valence-corrected chi connectivity index (χ1v) is 10.7. The molecule has 1 aliphatic rings. The van der Waals surface area contributed by atoms with E-state index >= 15 is 0 Å². The zero-order chi connectivity index (χ0) is 21.4. The Hall–Kier alpha value is -3.06. The van der Waals surface area contributed by atoms with Crippen LogP contribution in [0.3, 0.4) is 0 Å². The van der Waals surface area contributed by atoms with Gasteiger partial charge in [-0.05, 0) is 49.7 Å². The summed E-state index contributed by atoms with van der Waals surface area (Å²) in [4.78, 5) is 25.8. The van der Waals surface area contributed by atoms with Gasteiger partial charge in [-0.15, -0.1) is 0 Å². The second-order valence-corrected chi connectivity index (χ2v) is 8.34. The summed E-state index contributed by atoms with van der Waals surface area (Å²) in [6, 6.07) is 10.3. The predicted molar refractivity (Wildman–Crippen MR) is 116 cm³/mol. The fraction of sp³-hybridized carbons (Fsp3) is 0.333. The van der Waals surface area contributed by atoms with Gasteiger partial charge >= 0.3 is 0 Å². The Morgan fingerprint density at radius 1 is 1.10 bits per heavy atom. The number of hydrogen-bond donors (Lipinski definition) is 2. The van der Waals surface area contributed by atoms with Crippen molar-refractivity contribution in [1.82, 2.24) is 19.9 Å². The number of piperidine rings is 1. The zero-order valence-corrected chi connectivity index (χ0v) is 17.1. The van der Waals surface area contributed by atoms with Crippen LogP contribution >= 0.6 is 0 Å². The van der Waals surface area contributed by atoms with Crippen molar-refractivity contribution in [2.24, 2.45) is 5.92 Å². The van der Waals surface area contributed by atoms with Gasteiger partial charge in [-0.25, -0.2) is 13.8 Å². The number of aromatic amines is 2. The third-order valence-electron chi connectivity index (χ3n) is 6.29. The molecule has 5 nitrogen and oxygen atoms in total. The van der Waals surface area contributed by atoms with Crippen molar-refractivity contribution in [3.63, 3.8) is 0 Å². The van der Waals surface area contributed by atoms with E-state index in [4.69, 9.17) is 0 Å². The van der Waals surface area contributed by atoms with Crippen LogP contribution in [0.2, 0.25) is 0 Å². The molecule has 0 unspecified atom stereocenters. The van der Waals surface area contributed by atoms with Crippen LogP contribution in [-0.4, -0.2) is 38.7 Å². The number of rotatable bonds is 6. The summed E-state index contributed by atoms with van der Waals surface area (Å²) in [6.45, 7) is 2.29. The Morgan fingerprint density at radius 2 is 1.87 bits per heavy atom. The number of imidazole rings is 1. The summed E-state index contributed by atoms with van der Waals surface area (Å²) in [5.74, 6) is -0.445. The maximum Gasteiger partial charge on any atom is 0.160 e. The molecule has 4 aromatic rings. The van der Waals surface area contributed by atoms with E-state index in [1.807, 2.05) is 30.5 Å². The molecule has 2 N–H and O–H groups in total. The van der Waals surface area contributed by atoms with Crippen LogP contribution in [0.5, 0.6) is 0 Å². The van der Waals surface area contributed by atoms with Gasteiger partial charge in [-0.1, -0.05) is 12.1 Å². The average molecular weight is 422 g/mol. The zero-order valence-electron chi connectivity index (χ0n) is 17.1. The molecule has 0 amide bonds. The fourth-order valence-electron chi connectivity index (χ4n) is 4.53. The molecule has 0 radical (unpaired) electrons. The molecule has 5 rings (SSSR count). The van der Waals surface area contributed by atoms with E-state index in [2.05, 4.69) is 19.9 Å². The molecule has 3 heterocycles. The summed E-state index contributed by atoms with van der Waals surface area (Å²) in [5.41, 5.74) is 3.48. The van der Waals surface area contributed by atoms with Crippen LogP contribution in [0.25, 0.3) is 21.9 Å². The SMILES string of the molecule is O=C(CCc1nc2ccccc2[nH]1)C1CCN(Cc2c[nH]c3cc(F)c(F)cc23)CC1. The number of likely N-dealkylation sites (tertiary alicyclic amines) is 1. The van der Waals surface area contributed by atoms with Gasteiger partial charge in [0.15, 0.2) is 11.6 Å². The number of halogens is 2. The van der Waals surface area contributed by atoms with Crippen LogP contribution in [0.4, 0.5) is 8.78 Å². The quantitative estimate of drug-likeness (QED) is 0.472. The number of nitrogens with one attached hydrogen (secondary N) is 2. The highest BCUT2D eigenvalue weighted by molar-refractivity contribution is 5.83. The maximum absolute atomic E-state index is 13.6. The number of hydrogen-bond acceptors (Lipinski definition) is 3. The Bertz CT molecular complexity index is 1200. The average Bonchev–Trinajstić information content (AvgIpc) is 3.37. The summed E-state index contributed by atoms with van der Waals surface area (Å²) < 4.78 is 27.1. The molecular formula is C24H24F2N4O. The minimum atomic E-state index is -0.845. The molecular weight excluding hydrogens is 398 g/mol. The van der Waals surface area contributed by atoms with E-state index in [0.717, 1.165) is 48.4 Å². The first-order valence-electron chi connectivity index (χ1n) is 10.7. The Kier molecular flexibility index (Phi) is 5.28. The maximum atomic E-state index is 13.6. The highest BCUT2D eigenvalue weighted by Crippen LogP contribution is 2.26. The summed E-state index contributed by atoms with van der Waals surface area (Å²) in [5, 5.41) is 0.711. The normalized spacial score (nSPS) is 15.8. The van der Waals surface area contributed by atoms with Gasteiger partial charge in [0.2, 0.25) is 0 Å². The van der Waals surface area contributed by atoms with E-state index < -0.39 is 11.6 Å². The van der Waals surface area contributed by atoms with E-state index in [-0.39, 0.29) is 5.92 Å². The molecule has 2 aromatic carbocycles. The smallest absolute Gasteiger partial charge is 0.160 e. The van der Waals surface area contributed by atoms with Crippen molar-refractivity contribution in [3.8, 4) is 0 Å². The van der Waals surface area contributed by atoms with Gasteiger partial charge in [0.25, 0.3) is 0 Å². The van der Waals surface area contributed by atoms with Gasteiger partial charge < -0.3 is 9.97 Å². The Morgan fingerprint density at radius 3 is 2.68 bits per heavy atom. The first-order chi connectivity index (χ1) is 15.1. The van der Waals surface area contributed by atoms with Crippen LogP contribution in [0, 0.1) is 17.6 Å². The largest absolute Gasteiger partial charge is 0.361 e. The number of carbonyl (C=O) groups is 1. The monoisotopic (exact) mass is 422 g/mol. The van der Waals surface area contributed by atoms with Crippen LogP contribution in [0.15, 0.2) is 42.6 Å². The lowest BCUT2D eigenvalue weighted by Gasteiger charge is -2.31. The molecule has 7 heteroatoms. The lowest BCUT2D eigenvalue weighted by molar-refractivity contribution is -0.124. The Labute approximate surface area is 178 Å². The second-order valence-electron chi connectivity index (χ2n) is 8.34. The predicted octanol–water partition coefficient (Wildman–Crippen LogP) is 4.74. The molecule has 31 heavy (non-hydrogen) atoms. The number of Topliss-reactive ketones (excluding diaryl/α,β-unsaturated/α-hetero) is 1. The highest BCUT2D eigenvalue weighted by atomic mass is 19.2. The van der Waals surface area contributed by atoms with Crippen LogP contribution in [-0.2, 0) is 17.8 Å². The number of aromatic nitrogens is 3. The van der Waals surface area contributed by atoms with Crippen molar-refractivity contribution in [2.75, 3.05) is 13.1 Å². The molecule has 1 fully saturated rings. The molecule has 160 valence electrons. The van der Waals surface area contributed by atoms with E-state index in [0.29, 0.717) is 36.1 Å². The lowest BCUT2D eigenvalue weighted by atomic mass is 9.90. The third kappa shape index (κ3) is 4.10. The van der Waals surface area contributed by atoms with Gasteiger partial charge in [-0.3, -0.25) is 9.69 Å². The van der Waals surface area contributed by atoms with Crippen LogP contribution in [0.1, 0.15) is 30.7 Å². The number of carbonyl (C=O) groups excluding carboxylic acids is 1. The van der Waals surface area contributed by atoms with Gasteiger partial charge in [0, 0.05) is 48.5 Å². The topological polar surface area (TPSA) is 64.8 Å². The highest BCUT2D eigenvalue weighted by Gasteiger charge is 2.25. The Balaban J connectivity index is 1.15. The molecule has 0 bridgehead atoms. The van der Waals surface area contributed by atoms with Crippen molar-refractivity contribution >= 4 is 27.7 Å². The number of nitrogens with zero attached hydrogens (tertiary/aromatic N) is 2. The summed E-state index contributed by atoms with van der Waals surface area (Å²) in [6.07, 6.45) is 4.59. The molecule has 1 saturated heterocycles. The number of fused-ring (bicyclic) bond motifs is 2. The fourth-order valence-corrected chi connectivity index (χ4v) is 4.53. The minimum Gasteiger partial charge on any atom is -0.361 e. The van der Waals surface area contributed by atoms with E-state index in [1.54, 1.807) is 0 Å². The van der Waals surface area contributed by atoms with Gasteiger partial charge in [-0.2, -0.15) is 0 Å². The van der Waals surface area contributed by atoms with Crippen molar-refractivity contribution < 1.29 is 13.6 Å². The van der Waals surface area contributed by atoms with Gasteiger partial charge in [0.05, 0.1) is 11.0 Å². The standard InChI is InChI=1S/C24H24F2N4O/c25-18-11-17-16(13-27-22(17)12-19(18)26)14-30-9-7-15(8-10-30)23(31)5-6-24-28-20-3-1-2-4-21(20)29-24/h1-4,11-13,15,27H,5-10,14H2,(H,28,29). The number of aryl methyl sites for hydroxylation is 1. The molecule has 2 aromatic heterocycles. The van der Waals surface area contributed by atoms with Crippen molar-refractivity contribution in [2.45, 2.75) is 32.2 Å². The number of H-pyrrole nitrogens is 2. The first kappa shape index (κ1) is 19.9. The van der Waals surface area contributed by atoms with Gasteiger partial charge in [0.1, 0.15) is 11.6 Å². The third-order valence-corrected chi connectivity index (χ3v) is 6.29. The number of para-hydroxylation sites is 2. The lowest BCUT2D eigenvalue weighted by Crippen LogP contribution is -2.36. The molecule has 0 atom stereocenters. The van der Waals surface area contributed by atoms with Crippen molar-refractivity contribution in [1.29, 1.82) is 0 Å². The summed E-state index contributed by atoms with van der Waals surface area (Å²) >= 11 is 0. The number of benzene rings is 2. The second kappa shape index (κ2) is 8.23. The summed E-state index contributed by atoms with van der Waals surface area (Å²) in [7, 11) is 0. The van der Waals surface area contributed by atoms with E-state index in [1.165, 1.54) is 12.1 Å². The molecule has 0 saturated carbocycles. The van der Waals surface area contributed by atoms with E-state index in [9.17, 15) is 13.6 Å². The minimum absolute atomic E-state index is 0.0788. The molecule has 1 aliphatic heterocycles. The van der Waals surface area contributed by atoms with Crippen LogP contribution < -0.4 is 0 Å². The molecule has 0 spiro atoms. The van der Waals surface area contributed by atoms with Crippen molar-refractivity contribution in [3.05, 3.63) is 65.6 Å².